The van der Waals surface area contributed by atoms with Gasteiger partial charge in [-0.2, -0.15) is 0 Å². The van der Waals surface area contributed by atoms with Crippen molar-refractivity contribution in [2.24, 2.45) is 0 Å². The lowest BCUT2D eigenvalue weighted by Crippen LogP contribution is -2.30. The maximum absolute atomic E-state index is 10.6. The van der Waals surface area contributed by atoms with Crippen molar-refractivity contribution in [3.63, 3.8) is 0 Å². The summed E-state index contributed by atoms with van der Waals surface area (Å²) in [7, 11) is 0. The van der Waals surface area contributed by atoms with Gasteiger partial charge in [0, 0.05) is 34.1 Å². The molecule has 0 N–H and O–H groups in total. The Labute approximate surface area is 169 Å². The average Bonchev–Trinajstić information content (AvgIpc) is 2.72. The Balaban J connectivity index is 0.000000244. The quantitative estimate of drug-likeness (QED) is 0.511. The van der Waals surface area contributed by atoms with Gasteiger partial charge in [0.25, 0.3) is 0 Å². The SMILES string of the molecule is O=Cc1cccc(Br)c1.O=Cc1cccc(C#CCCN2CCCCC2)c1. The molecule has 2 aromatic rings. The monoisotopic (exact) mass is 425 g/mol. The molecule has 2 aromatic carbocycles. The van der Waals surface area contributed by atoms with Gasteiger partial charge in [-0.05, 0) is 50.2 Å². The van der Waals surface area contributed by atoms with Gasteiger partial charge in [-0.3, -0.25) is 9.59 Å². The summed E-state index contributed by atoms with van der Waals surface area (Å²) >= 11 is 3.24. The molecule has 4 heteroatoms. The summed E-state index contributed by atoms with van der Waals surface area (Å²) in [5.41, 5.74) is 2.32. The van der Waals surface area contributed by atoms with Crippen LogP contribution in [0.25, 0.3) is 0 Å². The predicted octanol–water partition coefficient (Wildman–Crippen LogP) is 4.99. The third-order valence-corrected chi connectivity index (χ3v) is 4.74. The Kier molecular flexibility index (Phi) is 9.54. The first-order valence-electron chi connectivity index (χ1n) is 9.18. The zero-order chi connectivity index (χ0) is 19.3. The number of carbonyl (C=O) groups excluding carboxylic acids is 2. The molecule has 0 amide bonds. The molecule has 0 aliphatic carbocycles. The number of aldehydes is 2. The van der Waals surface area contributed by atoms with Crippen molar-refractivity contribution in [2.75, 3.05) is 19.6 Å². The number of piperidine rings is 1. The van der Waals surface area contributed by atoms with E-state index >= 15 is 0 Å². The molecule has 0 bridgehead atoms. The van der Waals surface area contributed by atoms with E-state index in [1.165, 1.54) is 32.4 Å². The number of hydrogen-bond acceptors (Lipinski definition) is 3. The summed E-state index contributed by atoms with van der Waals surface area (Å²) < 4.78 is 0.937. The van der Waals surface area contributed by atoms with Crippen molar-refractivity contribution < 1.29 is 9.59 Å². The number of hydrogen-bond donors (Lipinski definition) is 0. The van der Waals surface area contributed by atoms with Gasteiger partial charge in [0.15, 0.2) is 0 Å². The first-order chi connectivity index (χ1) is 13.2. The van der Waals surface area contributed by atoms with Crippen LogP contribution >= 0.6 is 15.9 Å². The Bertz CT molecular complexity index is 801. The Morgan fingerprint density at radius 3 is 2.22 bits per heavy atom. The lowest BCUT2D eigenvalue weighted by Gasteiger charge is -2.25. The normalized spacial score (nSPS) is 13.5. The van der Waals surface area contributed by atoms with Crippen LogP contribution in [0.3, 0.4) is 0 Å². The molecule has 0 saturated carbocycles. The Morgan fingerprint density at radius 2 is 1.59 bits per heavy atom. The smallest absolute Gasteiger partial charge is 0.150 e. The van der Waals surface area contributed by atoms with Crippen molar-refractivity contribution in [3.8, 4) is 11.8 Å². The lowest BCUT2D eigenvalue weighted by atomic mass is 10.1. The molecule has 0 radical (unpaired) electrons. The van der Waals surface area contributed by atoms with Crippen molar-refractivity contribution in [2.45, 2.75) is 25.7 Å². The van der Waals surface area contributed by atoms with Crippen LogP contribution in [0.4, 0.5) is 0 Å². The van der Waals surface area contributed by atoms with E-state index in [-0.39, 0.29) is 0 Å². The van der Waals surface area contributed by atoms with Gasteiger partial charge in [0.05, 0.1) is 0 Å². The molecule has 0 aromatic heterocycles. The van der Waals surface area contributed by atoms with Gasteiger partial charge >= 0.3 is 0 Å². The highest BCUT2D eigenvalue weighted by molar-refractivity contribution is 9.10. The van der Waals surface area contributed by atoms with Crippen LogP contribution < -0.4 is 0 Å². The average molecular weight is 426 g/mol. The van der Waals surface area contributed by atoms with Gasteiger partial charge in [-0.1, -0.05) is 58.5 Å². The standard InChI is InChI=1S/C16H19NO.C7H5BrO/c18-14-16-9-6-8-15(13-16)7-2-5-12-17-10-3-1-4-11-17;8-7-3-1-2-6(4-7)5-9/h6,8-9,13-14H,1,3-5,10-12H2;1-5H. The number of carbonyl (C=O) groups is 2. The van der Waals surface area contributed by atoms with Crippen LogP contribution in [0.1, 0.15) is 52.0 Å². The minimum Gasteiger partial charge on any atom is -0.302 e. The summed E-state index contributed by atoms with van der Waals surface area (Å²) in [6.07, 6.45) is 6.62. The molecule has 1 aliphatic heterocycles. The Hall–Kier alpha value is -2.22. The largest absolute Gasteiger partial charge is 0.302 e. The third kappa shape index (κ3) is 8.34. The minimum atomic E-state index is 0.692. The predicted molar refractivity (Wildman–Crippen MR) is 113 cm³/mol. The molecular formula is C23H24BrNO2. The molecule has 1 aliphatic rings. The van der Waals surface area contributed by atoms with E-state index in [0.29, 0.717) is 11.1 Å². The molecule has 1 saturated heterocycles. The van der Waals surface area contributed by atoms with Gasteiger partial charge < -0.3 is 4.90 Å². The zero-order valence-corrected chi connectivity index (χ0v) is 17.0. The fourth-order valence-electron chi connectivity index (χ4n) is 2.83. The lowest BCUT2D eigenvalue weighted by molar-refractivity contribution is 0.111. The molecule has 3 nitrogen and oxygen atoms in total. The number of rotatable bonds is 4. The highest BCUT2D eigenvalue weighted by Gasteiger charge is 2.07. The molecule has 1 heterocycles. The second-order valence-corrected chi connectivity index (χ2v) is 7.29. The summed E-state index contributed by atoms with van der Waals surface area (Å²) in [4.78, 5) is 23.3. The Morgan fingerprint density at radius 1 is 0.926 bits per heavy atom. The first kappa shape index (κ1) is 21.1. The number of halogens is 1. The molecule has 0 unspecified atom stereocenters. The summed E-state index contributed by atoms with van der Waals surface area (Å²) in [5, 5.41) is 0. The van der Waals surface area contributed by atoms with Crippen LogP contribution in [0.2, 0.25) is 0 Å². The number of benzene rings is 2. The molecule has 27 heavy (non-hydrogen) atoms. The van der Waals surface area contributed by atoms with E-state index in [9.17, 15) is 9.59 Å². The van der Waals surface area contributed by atoms with Crippen LogP contribution in [-0.2, 0) is 0 Å². The van der Waals surface area contributed by atoms with E-state index in [1.54, 1.807) is 18.2 Å². The van der Waals surface area contributed by atoms with Crippen LogP contribution in [0, 0.1) is 11.8 Å². The van der Waals surface area contributed by atoms with E-state index in [1.807, 2.05) is 30.3 Å². The second-order valence-electron chi connectivity index (χ2n) is 6.37. The zero-order valence-electron chi connectivity index (χ0n) is 15.4. The highest BCUT2D eigenvalue weighted by atomic mass is 79.9. The van der Waals surface area contributed by atoms with Crippen LogP contribution in [0.15, 0.2) is 53.0 Å². The summed E-state index contributed by atoms with van der Waals surface area (Å²) in [6.45, 7) is 3.52. The van der Waals surface area contributed by atoms with Crippen molar-refractivity contribution in [3.05, 3.63) is 69.7 Å². The molecular weight excluding hydrogens is 402 g/mol. The van der Waals surface area contributed by atoms with Gasteiger partial charge in [-0.15, -0.1) is 0 Å². The molecule has 0 atom stereocenters. The highest BCUT2D eigenvalue weighted by Crippen LogP contribution is 2.09. The fourth-order valence-corrected chi connectivity index (χ4v) is 3.25. The summed E-state index contributed by atoms with van der Waals surface area (Å²) in [5.74, 6) is 6.32. The van der Waals surface area contributed by atoms with Crippen LogP contribution in [0.5, 0.6) is 0 Å². The van der Waals surface area contributed by atoms with E-state index < -0.39 is 0 Å². The fraction of sp³-hybridized carbons (Fsp3) is 0.304. The van der Waals surface area contributed by atoms with Crippen LogP contribution in [-0.4, -0.2) is 37.1 Å². The minimum absolute atomic E-state index is 0.692. The molecule has 1 fully saturated rings. The van der Waals surface area contributed by atoms with Crippen molar-refractivity contribution in [1.29, 1.82) is 0 Å². The number of nitrogens with zero attached hydrogens (tertiary/aromatic N) is 1. The van der Waals surface area contributed by atoms with E-state index in [4.69, 9.17) is 0 Å². The van der Waals surface area contributed by atoms with E-state index in [2.05, 4.69) is 32.7 Å². The van der Waals surface area contributed by atoms with Crippen molar-refractivity contribution >= 4 is 28.5 Å². The third-order valence-electron chi connectivity index (χ3n) is 4.24. The second kappa shape index (κ2) is 12.2. The molecule has 3 rings (SSSR count). The molecule has 0 spiro atoms. The molecule has 140 valence electrons. The topological polar surface area (TPSA) is 37.4 Å². The van der Waals surface area contributed by atoms with Gasteiger partial charge in [0.1, 0.15) is 12.6 Å². The maximum atomic E-state index is 10.6. The van der Waals surface area contributed by atoms with Crippen molar-refractivity contribution in [1.82, 2.24) is 4.90 Å². The summed E-state index contributed by atoms with van der Waals surface area (Å²) in [6, 6.07) is 14.7. The first-order valence-corrected chi connectivity index (χ1v) is 9.98. The van der Waals surface area contributed by atoms with E-state index in [0.717, 1.165) is 35.6 Å². The number of likely N-dealkylation sites (tertiary alicyclic amines) is 1. The van der Waals surface area contributed by atoms with Gasteiger partial charge in [-0.25, -0.2) is 0 Å². The van der Waals surface area contributed by atoms with Gasteiger partial charge in [0.2, 0.25) is 0 Å². The maximum Gasteiger partial charge on any atom is 0.150 e.